The van der Waals surface area contributed by atoms with Gasteiger partial charge < -0.3 is 4.90 Å². The van der Waals surface area contributed by atoms with Gasteiger partial charge in [-0.05, 0) is 34.2 Å². The van der Waals surface area contributed by atoms with Crippen LogP contribution >= 0.6 is 0 Å². The Morgan fingerprint density at radius 1 is 1.07 bits per heavy atom. The predicted octanol–water partition coefficient (Wildman–Crippen LogP) is -0.00540. The maximum atomic E-state index is 2.67. The Labute approximate surface area is 94.0 Å². The average molecular weight is 212 g/mol. The summed E-state index contributed by atoms with van der Waals surface area (Å²) in [5, 5.41) is 0. The third kappa shape index (κ3) is 2.19. The molecule has 0 amide bonds. The van der Waals surface area contributed by atoms with Crippen molar-refractivity contribution in [3.8, 4) is 0 Å². The first-order valence-electron chi connectivity index (χ1n) is 6.30. The molecule has 15 heavy (non-hydrogen) atoms. The van der Waals surface area contributed by atoms with Crippen LogP contribution in [0.3, 0.4) is 0 Å². The van der Waals surface area contributed by atoms with E-state index in [-0.39, 0.29) is 0 Å². The lowest BCUT2D eigenvalue weighted by Crippen LogP contribution is -3.26. The second kappa shape index (κ2) is 4.04. The van der Waals surface area contributed by atoms with Crippen molar-refractivity contribution in [3.05, 3.63) is 0 Å². The summed E-state index contributed by atoms with van der Waals surface area (Å²) in [6, 6.07) is 0. The van der Waals surface area contributed by atoms with Gasteiger partial charge in [-0.25, -0.2) is 9.80 Å². The molecule has 0 aromatic heterocycles. The van der Waals surface area contributed by atoms with E-state index in [1.807, 2.05) is 0 Å². The fourth-order valence-corrected chi connectivity index (χ4v) is 3.13. The number of hydrogen-bond acceptors (Lipinski definition) is 2. The van der Waals surface area contributed by atoms with Crippen molar-refractivity contribution >= 4 is 0 Å². The normalized spacial score (nSPS) is 35.2. The number of fused-ring (bicyclic) bond motifs is 1. The lowest BCUT2D eigenvalue weighted by molar-refractivity contribution is -0.998. The zero-order valence-electron chi connectivity index (χ0n) is 10.7. The third-order valence-electron chi connectivity index (χ3n) is 3.89. The summed E-state index contributed by atoms with van der Waals surface area (Å²) in [6.45, 7) is 12.3. The summed E-state index contributed by atoms with van der Waals surface area (Å²) in [7, 11) is 2.29. The van der Waals surface area contributed by atoms with E-state index < -0.39 is 0 Å². The molecular weight excluding hydrogens is 186 g/mol. The number of hydrogen-bond donors (Lipinski definition) is 1. The first-order valence-corrected chi connectivity index (χ1v) is 6.30. The van der Waals surface area contributed by atoms with E-state index in [1.54, 1.807) is 4.90 Å². The highest BCUT2D eigenvalue weighted by molar-refractivity contribution is 4.75. The molecule has 0 aromatic carbocycles. The lowest BCUT2D eigenvalue weighted by atomic mass is 10.0. The molecule has 2 rings (SSSR count). The molecule has 2 atom stereocenters. The molecular formula is C12H26N3+. The third-order valence-corrected chi connectivity index (χ3v) is 3.89. The molecule has 1 N–H and O–H groups in total. The zero-order valence-corrected chi connectivity index (χ0v) is 10.7. The molecule has 3 heteroatoms. The first-order chi connectivity index (χ1) is 7.00. The van der Waals surface area contributed by atoms with Crippen LogP contribution in [0.5, 0.6) is 0 Å². The van der Waals surface area contributed by atoms with E-state index in [0.717, 1.165) is 0 Å². The average Bonchev–Trinajstić information content (AvgIpc) is 2.16. The molecule has 88 valence electrons. The van der Waals surface area contributed by atoms with Gasteiger partial charge in [-0.3, -0.25) is 0 Å². The summed E-state index contributed by atoms with van der Waals surface area (Å²) in [5.74, 6) is 0. The second-order valence-electron chi connectivity index (χ2n) is 6.12. The molecule has 3 nitrogen and oxygen atoms in total. The fraction of sp³-hybridized carbons (Fsp3) is 1.00. The Morgan fingerprint density at radius 3 is 2.40 bits per heavy atom. The Balaban J connectivity index is 2.16. The van der Waals surface area contributed by atoms with Gasteiger partial charge in [0, 0.05) is 26.1 Å². The first kappa shape index (κ1) is 11.4. The maximum absolute atomic E-state index is 2.67. The minimum Gasteiger partial charge on any atom is -0.302 e. The van der Waals surface area contributed by atoms with Gasteiger partial charge >= 0.3 is 0 Å². The fourth-order valence-electron chi connectivity index (χ4n) is 3.13. The predicted molar refractivity (Wildman–Crippen MR) is 62.8 cm³/mol. The summed E-state index contributed by atoms with van der Waals surface area (Å²) < 4.78 is 0. The molecule has 0 radical (unpaired) electrons. The molecule has 0 aromatic rings. The van der Waals surface area contributed by atoms with Crippen molar-refractivity contribution in [3.63, 3.8) is 0 Å². The van der Waals surface area contributed by atoms with E-state index in [9.17, 15) is 0 Å². The van der Waals surface area contributed by atoms with Crippen LogP contribution in [0.2, 0.25) is 0 Å². The summed E-state index contributed by atoms with van der Waals surface area (Å²) in [4.78, 5) is 6.97. The van der Waals surface area contributed by atoms with Gasteiger partial charge in [-0.1, -0.05) is 0 Å². The molecule has 2 aliphatic heterocycles. The number of quaternary nitrogens is 1. The summed E-state index contributed by atoms with van der Waals surface area (Å²) >= 11 is 0. The molecule has 0 saturated carbocycles. The van der Waals surface area contributed by atoms with Crippen LogP contribution in [0, 0.1) is 0 Å². The van der Waals surface area contributed by atoms with Crippen molar-refractivity contribution in [1.29, 1.82) is 0 Å². The van der Waals surface area contributed by atoms with E-state index in [4.69, 9.17) is 0 Å². The molecule has 0 aliphatic carbocycles. The Bertz CT molecular complexity index is 219. The number of nitrogens with zero attached hydrogens (tertiary/aromatic N) is 2. The van der Waals surface area contributed by atoms with E-state index in [2.05, 4.69) is 37.6 Å². The molecule has 2 unspecified atom stereocenters. The van der Waals surface area contributed by atoms with Gasteiger partial charge in [-0.15, -0.1) is 0 Å². The minimum atomic E-state index is 0.370. The minimum absolute atomic E-state index is 0.370. The van der Waals surface area contributed by atoms with Gasteiger partial charge in [0.05, 0.1) is 12.1 Å². The Morgan fingerprint density at radius 2 is 1.73 bits per heavy atom. The van der Waals surface area contributed by atoms with Gasteiger partial charge in [0.1, 0.15) is 0 Å². The Hall–Kier alpha value is -0.120. The van der Waals surface area contributed by atoms with Crippen LogP contribution in [0.1, 0.15) is 33.6 Å². The maximum Gasteiger partial charge on any atom is 0.203 e. The smallest absolute Gasteiger partial charge is 0.203 e. The van der Waals surface area contributed by atoms with Crippen LogP contribution in [-0.2, 0) is 0 Å². The molecule has 2 aliphatic rings. The van der Waals surface area contributed by atoms with Gasteiger partial charge in [0.25, 0.3) is 0 Å². The quantitative estimate of drug-likeness (QED) is 0.606. The summed E-state index contributed by atoms with van der Waals surface area (Å²) in [5.41, 5.74) is 0.370. The zero-order chi connectivity index (χ0) is 11.1. The van der Waals surface area contributed by atoms with Crippen LogP contribution in [-0.4, -0.2) is 54.9 Å². The largest absolute Gasteiger partial charge is 0.302 e. The van der Waals surface area contributed by atoms with Crippen LogP contribution in [0.4, 0.5) is 0 Å². The number of nitrogens with one attached hydrogen (secondary N) is 1. The van der Waals surface area contributed by atoms with Crippen LogP contribution in [0.25, 0.3) is 0 Å². The molecule has 0 spiro atoms. The van der Waals surface area contributed by atoms with Crippen molar-refractivity contribution in [2.75, 3.05) is 33.2 Å². The SMILES string of the molecule is CN1CCCN2CCC[NH+](C(C)(C)C)C12. The lowest BCUT2D eigenvalue weighted by Gasteiger charge is -2.51. The van der Waals surface area contributed by atoms with E-state index >= 15 is 0 Å². The van der Waals surface area contributed by atoms with E-state index in [0.29, 0.717) is 11.8 Å². The highest BCUT2D eigenvalue weighted by atomic mass is 15.5. The topological polar surface area (TPSA) is 10.9 Å². The van der Waals surface area contributed by atoms with Gasteiger partial charge in [0.15, 0.2) is 0 Å². The van der Waals surface area contributed by atoms with Crippen molar-refractivity contribution in [2.24, 2.45) is 0 Å². The molecule has 2 fully saturated rings. The second-order valence-corrected chi connectivity index (χ2v) is 6.12. The van der Waals surface area contributed by atoms with Gasteiger partial charge in [-0.2, -0.15) is 0 Å². The monoisotopic (exact) mass is 212 g/mol. The standard InChI is InChI=1S/C12H25N3/c1-12(2,3)15-10-6-9-14-8-5-7-13(4)11(14)15/h11H,5-10H2,1-4H3/p+1. The number of rotatable bonds is 0. The highest BCUT2D eigenvalue weighted by Crippen LogP contribution is 2.13. The van der Waals surface area contributed by atoms with Crippen LogP contribution in [0.15, 0.2) is 0 Å². The molecule has 2 saturated heterocycles. The summed E-state index contributed by atoms with van der Waals surface area (Å²) in [6.07, 6.45) is 3.33. The van der Waals surface area contributed by atoms with Crippen molar-refractivity contribution in [1.82, 2.24) is 9.80 Å². The Kier molecular flexibility index (Phi) is 3.06. The molecule has 0 bridgehead atoms. The van der Waals surface area contributed by atoms with E-state index in [1.165, 1.54) is 39.0 Å². The van der Waals surface area contributed by atoms with Gasteiger partial charge in [0.2, 0.25) is 6.29 Å². The van der Waals surface area contributed by atoms with Crippen LogP contribution < -0.4 is 4.90 Å². The van der Waals surface area contributed by atoms with Crippen molar-refractivity contribution < 1.29 is 4.90 Å². The highest BCUT2D eigenvalue weighted by Gasteiger charge is 2.43. The van der Waals surface area contributed by atoms with Crippen molar-refractivity contribution in [2.45, 2.75) is 45.4 Å². The molecule has 2 heterocycles.